The van der Waals surface area contributed by atoms with Crippen LogP contribution in [0.15, 0.2) is 41.6 Å². The first-order valence-corrected chi connectivity index (χ1v) is 7.89. The summed E-state index contributed by atoms with van der Waals surface area (Å²) in [5.74, 6) is -1.20. The molecular weight excluding hydrogens is 341 g/mol. The van der Waals surface area contributed by atoms with Gasteiger partial charge in [-0.25, -0.2) is 4.98 Å². The van der Waals surface area contributed by atoms with Crippen molar-refractivity contribution in [2.75, 3.05) is 18.2 Å². The number of amides is 1. The maximum Gasteiger partial charge on any atom is 0.398 e. The van der Waals surface area contributed by atoms with Gasteiger partial charge >= 0.3 is 6.18 Å². The molecule has 2 aromatic rings. The quantitative estimate of drug-likeness (QED) is 0.812. The van der Waals surface area contributed by atoms with Gasteiger partial charge in [-0.2, -0.15) is 13.2 Å². The van der Waals surface area contributed by atoms with Crippen LogP contribution in [0.1, 0.15) is 15.9 Å². The minimum Gasteiger partial charge on any atom is -0.495 e. The number of halogens is 3. The van der Waals surface area contributed by atoms with Crippen molar-refractivity contribution in [3.05, 3.63) is 47.7 Å². The number of aromatic nitrogens is 1. The van der Waals surface area contributed by atoms with Crippen molar-refractivity contribution in [3.63, 3.8) is 0 Å². The van der Waals surface area contributed by atoms with Gasteiger partial charge in [-0.15, -0.1) is 0 Å². The molecule has 0 saturated carbocycles. The minimum absolute atomic E-state index is 0.0268. The van der Waals surface area contributed by atoms with Gasteiger partial charge in [-0.3, -0.25) is 4.79 Å². The summed E-state index contributed by atoms with van der Waals surface area (Å²) in [6.45, 7) is 1.85. The fraction of sp³-hybridized carbons (Fsp3) is 0.250. The lowest BCUT2D eigenvalue weighted by molar-refractivity contribution is -0.105. The Kier molecular flexibility index (Phi) is 5.71. The van der Waals surface area contributed by atoms with Crippen LogP contribution in [0.4, 0.5) is 18.9 Å². The second kappa shape index (κ2) is 7.57. The average molecular weight is 356 g/mol. The van der Waals surface area contributed by atoms with Crippen molar-refractivity contribution in [1.82, 2.24) is 4.98 Å². The van der Waals surface area contributed by atoms with Crippen molar-refractivity contribution in [2.45, 2.75) is 18.1 Å². The molecule has 0 radical (unpaired) electrons. The zero-order valence-corrected chi connectivity index (χ0v) is 13.8. The smallest absolute Gasteiger partial charge is 0.398 e. The Labute approximate surface area is 141 Å². The molecule has 8 heteroatoms. The van der Waals surface area contributed by atoms with Gasteiger partial charge in [-0.05, 0) is 36.8 Å². The number of nitrogens with one attached hydrogen (secondary N) is 1. The van der Waals surface area contributed by atoms with Crippen LogP contribution in [-0.2, 0) is 0 Å². The van der Waals surface area contributed by atoms with E-state index in [1.165, 1.54) is 25.4 Å². The normalized spacial score (nSPS) is 11.2. The third-order valence-corrected chi connectivity index (χ3v) is 4.06. The lowest BCUT2D eigenvalue weighted by atomic mass is 10.2. The standard InChI is InChI=1S/C16H15F3N2O2S/c1-10-5-6-13(23-2)12(8-10)21-14(22)11-4-3-7-20-15(11)24-9-16(17,18)19/h3-8H,9H2,1-2H3,(H,21,22). The monoisotopic (exact) mass is 356 g/mol. The number of rotatable bonds is 5. The molecule has 0 bridgehead atoms. The fourth-order valence-corrected chi connectivity index (χ4v) is 2.69. The summed E-state index contributed by atoms with van der Waals surface area (Å²) in [5, 5.41) is 2.68. The summed E-state index contributed by atoms with van der Waals surface area (Å²) in [4.78, 5) is 16.3. The van der Waals surface area contributed by atoms with E-state index < -0.39 is 17.8 Å². The van der Waals surface area contributed by atoms with Crippen LogP contribution in [0.25, 0.3) is 0 Å². The maximum atomic E-state index is 12.4. The molecule has 1 heterocycles. The van der Waals surface area contributed by atoms with Crippen molar-refractivity contribution in [1.29, 1.82) is 0 Å². The van der Waals surface area contributed by atoms with Gasteiger partial charge in [0.05, 0.1) is 24.1 Å². The van der Waals surface area contributed by atoms with Crippen LogP contribution in [0, 0.1) is 6.92 Å². The predicted molar refractivity (Wildman–Crippen MR) is 86.7 cm³/mol. The number of carbonyl (C=O) groups excluding carboxylic acids is 1. The summed E-state index contributed by atoms with van der Waals surface area (Å²) >= 11 is 0.478. The number of ether oxygens (including phenoxy) is 1. The number of benzene rings is 1. The summed E-state index contributed by atoms with van der Waals surface area (Å²) in [7, 11) is 1.47. The third-order valence-electron chi connectivity index (χ3n) is 2.99. The Hall–Kier alpha value is -2.22. The van der Waals surface area contributed by atoms with Crippen molar-refractivity contribution in [3.8, 4) is 5.75 Å². The highest BCUT2D eigenvalue weighted by atomic mass is 32.2. The average Bonchev–Trinajstić information content (AvgIpc) is 2.52. The van der Waals surface area contributed by atoms with E-state index in [1.807, 2.05) is 13.0 Å². The molecule has 0 atom stereocenters. The number of hydrogen-bond donors (Lipinski definition) is 1. The summed E-state index contributed by atoms with van der Waals surface area (Å²) in [6, 6.07) is 8.18. The zero-order chi connectivity index (χ0) is 17.7. The zero-order valence-electron chi connectivity index (χ0n) is 13.0. The second-order valence-electron chi connectivity index (χ2n) is 4.92. The number of aryl methyl sites for hydroxylation is 1. The maximum absolute atomic E-state index is 12.4. The van der Waals surface area contributed by atoms with E-state index in [0.29, 0.717) is 23.2 Å². The molecule has 0 saturated heterocycles. The first kappa shape index (κ1) is 18.1. The molecule has 128 valence electrons. The van der Waals surface area contributed by atoms with Crippen LogP contribution < -0.4 is 10.1 Å². The third kappa shape index (κ3) is 4.89. The number of alkyl halides is 3. The van der Waals surface area contributed by atoms with Gasteiger partial charge in [0.15, 0.2) is 0 Å². The van der Waals surface area contributed by atoms with E-state index in [-0.39, 0.29) is 10.6 Å². The first-order valence-electron chi connectivity index (χ1n) is 6.90. The van der Waals surface area contributed by atoms with Crippen LogP contribution in [0.2, 0.25) is 0 Å². The summed E-state index contributed by atoms with van der Waals surface area (Å²) in [5.41, 5.74) is 1.43. The van der Waals surface area contributed by atoms with E-state index in [9.17, 15) is 18.0 Å². The van der Waals surface area contributed by atoms with Gasteiger partial charge in [0, 0.05) is 6.20 Å². The van der Waals surface area contributed by atoms with Crippen LogP contribution >= 0.6 is 11.8 Å². The molecule has 2 rings (SSSR count). The molecule has 1 aromatic carbocycles. The van der Waals surface area contributed by atoms with Crippen molar-refractivity contribution >= 4 is 23.4 Å². The Morgan fingerprint density at radius 1 is 1.33 bits per heavy atom. The highest BCUT2D eigenvalue weighted by molar-refractivity contribution is 7.99. The summed E-state index contributed by atoms with van der Waals surface area (Å²) < 4.78 is 42.4. The molecule has 4 nitrogen and oxygen atoms in total. The number of pyridine rings is 1. The van der Waals surface area contributed by atoms with Crippen molar-refractivity contribution in [2.24, 2.45) is 0 Å². The predicted octanol–water partition coefficient (Wildman–Crippen LogP) is 4.31. The van der Waals surface area contributed by atoms with E-state index in [2.05, 4.69) is 10.3 Å². The minimum atomic E-state index is -4.34. The number of nitrogens with zero attached hydrogens (tertiary/aromatic N) is 1. The van der Waals surface area contributed by atoms with Crippen LogP contribution in [0.5, 0.6) is 5.75 Å². The van der Waals surface area contributed by atoms with Gasteiger partial charge < -0.3 is 10.1 Å². The van der Waals surface area contributed by atoms with E-state index in [1.54, 1.807) is 12.1 Å². The van der Waals surface area contributed by atoms with Gasteiger partial charge in [0.2, 0.25) is 0 Å². The van der Waals surface area contributed by atoms with E-state index >= 15 is 0 Å². The topological polar surface area (TPSA) is 51.2 Å². The molecule has 1 aromatic heterocycles. The largest absolute Gasteiger partial charge is 0.495 e. The summed E-state index contributed by atoms with van der Waals surface area (Å²) in [6.07, 6.45) is -2.99. The molecule has 0 aliphatic rings. The highest BCUT2D eigenvalue weighted by Gasteiger charge is 2.28. The number of hydrogen-bond acceptors (Lipinski definition) is 4. The molecular formula is C16H15F3N2O2S. The molecule has 1 N–H and O–H groups in total. The van der Waals surface area contributed by atoms with E-state index in [4.69, 9.17) is 4.74 Å². The van der Waals surface area contributed by atoms with E-state index in [0.717, 1.165) is 5.56 Å². The number of methoxy groups -OCH3 is 1. The van der Waals surface area contributed by atoms with Crippen LogP contribution in [0.3, 0.4) is 0 Å². The lowest BCUT2D eigenvalue weighted by Crippen LogP contribution is -2.16. The molecule has 0 aliphatic carbocycles. The number of thioether (sulfide) groups is 1. The molecule has 24 heavy (non-hydrogen) atoms. The van der Waals surface area contributed by atoms with Gasteiger partial charge in [0.25, 0.3) is 5.91 Å². The molecule has 0 fully saturated rings. The molecule has 0 aliphatic heterocycles. The SMILES string of the molecule is COc1ccc(C)cc1NC(=O)c1cccnc1SCC(F)(F)F. The Bertz CT molecular complexity index is 736. The number of carbonyl (C=O) groups is 1. The fourth-order valence-electron chi connectivity index (χ4n) is 1.94. The Morgan fingerprint density at radius 3 is 2.75 bits per heavy atom. The molecule has 1 amide bonds. The van der Waals surface area contributed by atoms with Gasteiger partial charge in [-0.1, -0.05) is 17.8 Å². The highest BCUT2D eigenvalue weighted by Crippen LogP contribution is 2.30. The Morgan fingerprint density at radius 2 is 2.08 bits per heavy atom. The number of anilines is 1. The van der Waals surface area contributed by atoms with Gasteiger partial charge in [0.1, 0.15) is 10.8 Å². The Balaban J connectivity index is 2.23. The lowest BCUT2D eigenvalue weighted by Gasteiger charge is -2.13. The molecule has 0 spiro atoms. The second-order valence-corrected chi connectivity index (χ2v) is 5.88. The van der Waals surface area contributed by atoms with Crippen molar-refractivity contribution < 1.29 is 22.7 Å². The van der Waals surface area contributed by atoms with Crippen LogP contribution in [-0.4, -0.2) is 29.9 Å². The first-order chi connectivity index (χ1) is 11.3. The molecule has 0 unspecified atom stereocenters.